The summed E-state index contributed by atoms with van der Waals surface area (Å²) in [4.78, 5) is 28.9. The lowest BCUT2D eigenvalue weighted by molar-refractivity contribution is 0.157. The predicted octanol–water partition coefficient (Wildman–Crippen LogP) is 0.170. The van der Waals surface area contributed by atoms with E-state index >= 15 is 0 Å². The summed E-state index contributed by atoms with van der Waals surface area (Å²) >= 11 is 1.36. The van der Waals surface area contributed by atoms with E-state index in [0.29, 0.717) is 29.1 Å². The average Bonchev–Trinajstić information content (AvgIpc) is 2.77. The lowest BCUT2D eigenvalue weighted by atomic mass is 10.4. The van der Waals surface area contributed by atoms with E-state index in [9.17, 15) is 9.59 Å². The third kappa shape index (κ3) is 3.05. The molecule has 0 saturated heterocycles. The Hall–Kier alpha value is -1.93. The molecule has 1 amide bonds. The van der Waals surface area contributed by atoms with E-state index in [1.807, 2.05) is 5.38 Å². The van der Waals surface area contributed by atoms with Gasteiger partial charge in [0.1, 0.15) is 17.1 Å². The molecule has 0 aliphatic carbocycles. The van der Waals surface area contributed by atoms with Crippen LogP contribution in [0, 0.1) is 0 Å². The summed E-state index contributed by atoms with van der Waals surface area (Å²) in [6.45, 7) is 1.01. The van der Waals surface area contributed by atoms with Crippen LogP contribution in [-0.4, -0.2) is 29.2 Å². The zero-order valence-corrected chi connectivity index (χ0v) is 10.3. The highest BCUT2D eigenvalue weighted by Gasteiger charge is 2.04. The van der Waals surface area contributed by atoms with Crippen molar-refractivity contribution in [3.8, 4) is 0 Å². The number of hydrogen-bond acceptors (Lipinski definition) is 6. The number of aromatic nitrogens is 2. The number of nitrogens with zero attached hydrogens (tertiary/aromatic N) is 1. The van der Waals surface area contributed by atoms with E-state index in [0.717, 1.165) is 0 Å². The Morgan fingerprint density at radius 1 is 1.61 bits per heavy atom. The SMILES string of the molecule is NC(=O)OCCNCc1nc2ccsc2c(=O)[nH]1. The number of hydrogen-bond donors (Lipinski definition) is 3. The van der Waals surface area contributed by atoms with Gasteiger partial charge in [0.25, 0.3) is 5.56 Å². The summed E-state index contributed by atoms with van der Waals surface area (Å²) in [5.41, 5.74) is 5.36. The molecule has 0 aliphatic heterocycles. The van der Waals surface area contributed by atoms with Crippen molar-refractivity contribution >= 4 is 27.6 Å². The maximum atomic E-state index is 11.6. The number of ether oxygens (including phenoxy) is 1. The van der Waals surface area contributed by atoms with Crippen LogP contribution in [0.1, 0.15) is 5.82 Å². The van der Waals surface area contributed by atoms with Crippen LogP contribution in [0.5, 0.6) is 0 Å². The zero-order chi connectivity index (χ0) is 13.0. The molecule has 0 atom stereocenters. The lowest BCUT2D eigenvalue weighted by Gasteiger charge is -2.04. The lowest BCUT2D eigenvalue weighted by Crippen LogP contribution is -2.25. The van der Waals surface area contributed by atoms with Gasteiger partial charge >= 0.3 is 6.09 Å². The fourth-order valence-corrected chi connectivity index (χ4v) is 2.16. The third-order valence-corrected chi connectivity index (χ3v) is 3.08. The first kappa shape index (κ1) is 12.5. The number of nitrogens with two attached hydrogens (primary N) is 1. The molecule has 0 radical (unpaired) electrons. The first-order chi connectivity index (χ1) is 8.66. The largest absolute Gasteiger partial charge is 0.448 e. The quantitative estimate of drug-likeness (QED) is 0.669. The fourth-order valence-electron chi connectivity index (χ4n) is 1.44. The van der Waals surface area contributed by atoms with Gasteiger partial charge in [0.05, 0.1) is 12.1 Å². The molecular formula is C10H12N4O3S. The molecule has 7 nitrogen and oxygen atoms in total. The van der Waals surface area contributed by atoms with E-state index in [2.05, 4.69) is 20.0 Å². The summed E-state index contributed by atoms with van der Waals surface area (Å²) < 4.78 is 5.17. The fraction of sp³-hybridized carbons (Fsp3) is 0.300. The third-order valence-electron chi connectivity index (χ3n) is 2.18. The monoisotopic (exact) mass is 268 g/mol. The molecule has 0 saturated carbocycles. The normalized spacial score (nSPS) is 10.7. The van der Waals surface area contributed by atoms with Gasteiger partial charge in [0.15, 0.2) is 0 Å². The van der Waals surface area contributed by atoms with Gasteiger partial charge in [-0.2, -0.15) is 0 Å². The molecule has 0 unspecified atom stereocenters. The number of aromatic amines is 1. The minimum Gasteiger partial charge on any atom is -0.448 e. The number of rotatable bonds is 5. The number of primary amides is 1. The van der Waals surface area contributed by atoms with Gasteiger partial charge in [-0.05, 0) is 11.4 Å². The highest BCUT2D eigenvalue weighted by atomic mass is 32.1. The molecule has 0 fully saturated rings. The Labute approximate surface area is 106 Å². The van der Waals surface area contributed by atoms with E-state index in [-0.39, 0.29) is 12.2 Å². The number of thiophene rings is 1. The molecule has 0 spiro atoms. The highest BCUT2D eigenvalue weighted by molar-refractivity contribution is 7.17. The van der Waals surface area contributed by atoms with E-state index < -0.39 is 6.09 Å². The van der Waals surface area contributed by atoms with Crippen molar-refractivity contribution in [3.05, 3.63) is 27.6 Å². The molecule has 2 rings (SSSR count). The van der Waals surface area contributed by atoms with Gasteiger partial charge in [0.2, 0.25) is 0 Å². The summed E-state index contributed by atoms with van der Waals surface area (Å²) in [5, 5.41) is 4.80. The van der Waals surface area contributed by atoms with Gasteiger partial charge in [-0.1, -0.05) is 0 Å². The Balaban J connectivity index is 1.91. The van der Waals surface area contributed by atoms with Crippen molar-refractivity contribution in [2.75, 3.05) is 13.2 Å². The molecule has 18 heavy (non-hydrogen) atoms. The first-order valence-electron chi connectivity index (χ1n) is 5.26. The van der Waals surface area contributed by atoms with Gasteiger partial charge in [-0.3, -0.25) is 4.79 Å². The molecular weight excluding hydrogens is 256 g/mol. The topological polar surface area (TPSA) is 110 Å². The second-order valence-corrected chi connectivity index (χ2v) is 4.41. The summed E-state index contributed by atoms with van der Waals surface area (Å²) in [5.74, 6) is 0.546. The van der Waals surface area contributed by atoms with Crippen LogP contribution in [0.15, 0.2) is 16.2 Å². The maximum Gasteiger partial charge on any atom is 0.404 e. The van der Waals surface area contributed by atoms with Crippen molar-refractivity contribution in [1.82, 2.24) is 15.3 Å². The van der Waals surface area contributed by atoms with E-state index in [1.54, 1.807) is 6.07 Å². The molecule has 0 aromatic carbocycles. The number of amides is 1. The Morgan fingerprint density at radius 2 is 2.44 bits per heavy atom. The van der Waals surface area contributed by atoms with Crippen molar-refractivity contribution < 1.29 is 9.53 Å². The van der Waals surface area contributed by atoms with Crippen LogP contribution < -0.4 is 16.6 Å². The smallest absolute Gasteiger partial charge is 0.404 e. The van der Waals surface area contributed by atoms with Gasteiger partial charge < -0.3 is 20.8 Å². The van der Waals surface area contributed by atoms with Crippen LogP contribution in [-0.2, 0) is 11.3 Å². The van der Waals surface area contributed by atoms with E-state index in [4.69, 9.17) is 5.73 Å². The molecule has 96 valence electrons. The molecule has 8 heteroatoms. The minimum absolute atomic E-state index is 0.139. The summed E-state index contributed by atoms with van der Waals surface area (Å²) in [6.07, 6.45) is -0.803. The standard InChI is InChI=1S/C10H12N4O3S/c11-10(16)17-3-2-12-5-7-13-6-1-4-18-8(6)9(15)14-7/h1,4,12H,2-3,5H2,(H2,11,16)(H,13,14,15). The van der Waals surface area contributed by atoms with Crippen molar-refractivity contribution in [2.45, 2.75) is 6.54 Å². The summed E-state index contributed by atoms with van der Waals surface area (Å²) in [7, 11) is 0. The molecule has 4 N–H and O–H groups in total. The number of H-pyrrole nitrogens is 1. The van der Waals surface area contributed by atoms with Gasteiger partial charge in [0, 0.05) is 6.54 Å². The number of carbonyl (C=O) groups excluding carboxylic acids is 1. The summed E-state index contributed by atoms with van der Waals surface area (Å²) in [6, 6.07) is 1.80. The number of fused-ring (bicyclic) bond motifs is 1. The maximum absolute atomic E-state index is 11.6. The minimum atomic E-state index is -0.803. The van der Waals surface area contributed by atoms with Gasteiger partial charge in [-0.15, -0.1) is 11.3 Å². The average molecular weight is 268 g/mol. The Morgan fingerprint density at radius 3 is 3.22 bits per heavy atom. The second kappa shape index (κ2) is 5.61. The van der Waals surface area contributed by atoms with Crippen molar-refractivity contribution in [2.24, 2.45) is 5.73 Å². The molecule has 2 aromatic heterocycles. The van der Waals surface area contributed by atoms with Crippen molar-refractivity contribution in [1.29, 1.82) is 0 Å². The number of nitrogens with one attached hydrogen (secondary N) is 2. The molecule has 0 bridgehead atoms. The first-order valence-corrected chi connectivity index (χ1v) is 6.14. The Kier molecular flexibility index (Phi) is 3.90. The predicted molar refractivity (Wildman–Crippen MR) is 67.5 cm³/mol. The molecule has 0 aliphatic rings. The van der Waals surface area contributed by atoms with Crippen LogP contribution in [0.3, 0.4) is 0 Å². The van der Waals surface area contributed by atoms with Crippen LogP contribution in [0.4, 0.5) is 4.79 Å². The van der Waals surface area contributed by atoms with Crippen LogP contribution >= 0.6 is 11.3 Å². The van der Waals surface area contributed by atoms with Crippen LogP contribution in [0.25, 0.3) is 10.2 Å². The van der Waals surface area contributed by atoms with E-state index in [1.165, 1.54) is 11.3 Å². The number of carbonyl (C=O) groups is 1. The molecule has 2 aromatic rings. The highest BCUT2D eigenvalue weighted by Crippen LogP contribution is 2.13. The zero-order valence-electron chi connectivity index (χ0n) is 9.43. The van der Waals surface area contributed by atoms with Crippen LogP contribution in [0.2, 0.25) is 0 Å². The van der Waals surface area contributed by atoms with Gasteiger partial charge in [-0.25, -0.2) is 9.78 Å². The molecule has 2 heterocycles. The Bertz CT molecular complexity index is 606. The second-order valence-electron chi connectivity index (χ2n) is 3.49. The van der Waals surface area contributed by atoms with Crippen molar-refractivity contribution in [3.63, 3.8) is 0 Å².